The number of allylic oxidation sites excluding steroid dienone is 2. The number of ether oxygens (including phenoxy) is 3. The Hall–Kier alpha value is -2.62. The van der Waals surface area contributed by atoms with Gasteiger partial charge in [-0.2, -0.15) is 0 Å². The predicted molar refractivity (Wildman–Crippen MR) is 152 cm³/mol. The van der Waals surface area contributed by atoms with Crippen LogP contribution in [0.5, 0.6) is 0 Å². The summed E-state index contributed by atoms with van der Waals surface area (Å²) in [6, 6.07) is -0.892. The smallest absolute Gasteiger partial charge is 0.257 e. The van der Waals surface area contributed by atoms with Crippen molar-refractivity contribution in [2.75, 3.05) is 34.5 Å². The average Bonchev–Trinajstić information content (AvgIpc) is 3.28. The van der Waals surface area contributed by atoms with E-state index in [2.05, 4.69) is 18.3 Å². The molecule has 0 saturated heterocycles. The van der Waals surface area contributed by atoms with Gasteiger partial charge in [-0.3, -0.25) is 19.3 Å². The van der Waals surface area contributed by atoms with Gasteiger partial charge in [-0.05, 0) is 24.8 Å². The van der Waals surface area contributed by atoms with E-state index in [9.17, 15) is 19.5 Å². The lowest BCUT2D eigenvalue weighted by atomic mass is 10.1. The summed E-state index contributed by atoms with van der Waals surface area (Å²) in [5, 5.41) is 12.4. The number of amides is 3. The van der Waals surface area contributed by atoms with Crippen molar-refractivity contribution in [1.82, 2.24) is 10.2 Å². The highest BCUT2D eigenvalue weighted by molar-refractivity contribution is 6.25. The van der Waals surface area contributed by atoms with Gasteiger partial charge in [-0.25, -0.2) is 0 Å². The number of imide groups is 1. The molecule has 1 aliphatic rings. The molecule has 0 spiro atoms. The molecule has 0 fully saturated rings. The normalized spacial score (nSPS) is 17.0. The van der Waals surface area contributed by atoms with Crippen molar-refractivity contribution in [2.24, 2.45) is 0 Å². The summed E-state index contributed by atoms with van der Waals surface area (Å²) in [5.41, 5.74) is 1.94. The Morgan fingerprint density at radius 3 is 2.54 bits per heavy atom. The lowest BCUT2D eigenvalue weighted by Gasteiger charge is -2.22. The van der Waals surface area contributed by atoms with E-state index in [0.717, 1.165) is 17.7 Å². The minimum absolute atomic E-state index is 0.125. The highest BCUT2D eigenvalue weighted by Crippen LogP contribution is 2.22. The maximum atomic E-state index is 12.7. The van der Waals surface area contributed by atoms with E-state index in [1.165, 1.54) is 64.0 Å². The quantitative estimate of drug-likeness (QED) is 0.0961. The second-order valence-electron chi connectivity index (χ2n) is 9.34. The summed E-state index contributed by atoms with van der Waals surface area (Å²) >= 11 is 5.95. The van der Waals surface area contributed by atoms with Gasteiger partial charge < -0.3 is 24.6 Å². The van der Waals surface area contributed by atoms with E-state index in [1.54, 1.807) is 7.11 Å². The Balaban J connectivity index is 2.47. The van der Waals surface area contributed by atoms with Crippen molar-refractivity contribution in [1.29, 1.82) is 0 Å². The summed E-state index contributed by atoms with van der Waals surface area (Å²) < 4.78 is 15.9. The number of carbonyl (C=O) groups excluding carboxylic acids is 3. The third kappa shape index (κ3) is 12.9. The second-order valence-corrected chi connectivity index (χ2v) is 9.56. The average molecular weight is 569 g/mol. The third-order valence-electron chi connectivity index (χ3n) is 6.47. The molecule has 0 saturated carbocycles. The molecule has 0 aliphatic carbocycles. The molecule has 0 aromatic rings. The van der Waals surface area contributed by atoms with Crippen LogP contribution in [-0.2, 0) is 28.6 Å². The topological polar surface area (TPSA) is 114 Å². The maximum absolute atomic E-state index is 12.7. The molecule has 0 bridgehead atoms. The van der Waals surface area contributed by atoms with Crippen molar-refractivity contribution in [2.45, 2.75) is 83.3 Å². The van der Waals surface area contributed by atoms with E-state index in [-0.39, 0.29) is 36.5 Å². The van der Waals surface area contributed by atoms with Gasteiger partial charge in [0, 0.05) is 44.2 Å². The van der Waals surface area contributed by atoms with Crippen LogP contribution in [0.3, 0.4) is 0 Å². The third-order valence-corrected chi connectivity index (χ3v) is 6.78. The van der Waals surface area contributed by atoms with Crippen LogP contribution in [0, 0.1) is 0 Å². The van der Waals surface area contributed by atoms with Gasteiger partial charge in [0.05, 0.1) is 26.9 Å². The van der Waals surface area contributed by atoms with Crippen LogP contribution in [0.15, 0.2) is 46.9 Å². The fraction of sp³-hybridized carbons (Fsp3) is 0.621. The van der Waals surface area contributed by atoms with Crippen LogP contribution >= 0.6 is 11.6 Å². The maximum Gasteiger partial charge on any atom is 0.257 e. The number of aliphatic hydroxyl groups excluding tert-OH is 1. The van der Waals surface area contributed by atoms with Crippen molar-refractivity contribution in [3.8, 4) is 0 Å². The summed E-state index contributed by atoms with van der Waals surface area (Å²) in [6.07, 6.45) is 15.8. The number of nitrogens with zero attached hydrogens (tertiary/aromatic N) is 1. The van der Waals surface area contributed by atoms with E-state index in [1.807, 2.05) is 6.08 Å². The van der Waals surface area contributed by atoms with E-state index >= 15 is 0 Å². The number of methoxy groups -OCH3 is 3. The van der Waals surface area contributed by atoms with Gasteiger partial charge >= 0.3 is 0 Å². The van der Waals surface area contributed by atoms with E-state index < -0.39 is 24.5 Å². The molecule has 1 rings (SSSR count). The first-order valence-electron chi connectivity index (χ1n) is 13.6. The number of halogens is 1. The molecule has 39 heavy (non-hydrogen) atoms. The number of hydrogen-bond donors (Lipinski definition) is 2. The molecule has 1 heterocycles. The zero-order valence-electron chi connectivity index (χ0n) is 23.7. The van der Waals surface area contributed by atoms with Crippen molar-refractivity contribution in [3.63, 3.8) is 0 Å². The molecular weight excluding hydrogens is 524 g/mol. The number of unbranched alkanes of at least 4 members (excludes halogenated alkanes) is 4. The fourth-order valence-electron chi connectivity index (χ4n) is 4.14. The molecule has 0 aromatic heterocycles. The molecule has 2 atom stereocenters. The Bertz CT molecular complexity index is 898. The van der Waals surface area contributed by atoms with E-state index in [0.29, 0.717) is 18.4 Å². The standard InChI is InChI=1S/C29H45ClN2O7/c1-5-6-7-8-10-13-23(37-2)14-11-9-12-15-27(34)31-20-22(19-30)16-24(38-3)17-28(35)32-25(21-33)26(39-4)18-29(32)36/h9,11,17-19,23,25,33H,5-8,10,12-16,20-21H2,1-4H3,(H,31,34). The highest BCUT2D eigenvalue weighted by atomic mass is 35.5. The number of nitrogens with one attached hydrogen (secondary N) is 1. The van der Waals surface area contributed by atoms with Gasteiger partial charge in [0.15, 0.2) is 0 Å². The Labute approximate surface area is 237 Å². The first-order chi connectivity index (χ1) is 18.8. The van der Waals surface area contributed by atoms with Crippen molar-refractivity contribution >= 4 is 29.3 Å². The largest absolute Gasteiger partial charge is 0.501 e. The van der Waals surface area contributed by atoms with Crippen LogP contribution in [0.4, 0.5) is 0 Å². The lowest BCUT2D eigenvalue weighted by molar-refractivity contribution is -0.140. The molecule has 10 heteroatoms. The minimum atomic E-state index is -0.892. The molecule has 0 aromatic carbocycles. The molecule has 9 nitrogen and oxygen atoms in total. The summed E-state index contributed by atoms with van der Waals surface area (Å²) in [7, 11) is 4.50. The van der Waals surface area contributed by atoms with Gasteiger partial charge in [0.25, 0.3) is 11.8 Å². The van der Waals surface area contributed by atoms with Crippen LogP contribution < -0.4 is 5.32 Å². The fourth-order valence-corrected chi connectivity index (χ4v) is 4.29. The zero-order chi connectivity index (χ0) is 29.0. The van der Waals surface area contributed by atoms with Gasteiger partial charge in [-0.15, -0.1) is 0 Å². The van der Waals surface area contributed by atoms with Crippen LogP contribution in [0.25, 0.3) is 0 Å². The number of rotatable bonds is 20. The Morgan fingerprint density at radius 2 is 1.92 bits per heavy atom. The SMILES string of the molecule is CCCCCCCC(CC=CCCC(=O)NCC(=CCl)CC(=CC(=O)N1C(=O)C=C(OC)C1CO)OC)OC. The lowest BCUT2D eigenvalue weighted by Crippen LogP contribution is -2.42. The molecule has 0 radical (unpaired) electrons. The molecule has 2 N–H and O–H groups in total. The highest BCUT2D eigenvalue weighted by Gasteiger charge is 2.37. The first kappa shape index (κ1) is 34.4. The van der Waals surface area contributed by atoms with Crippen LogP contribution in [-0.4, -0.2) is 74.4 Å². The van der Waals surface area contributed by atoms with Crippen molar-refractivity contribution in [3.05, 3.63) is 46.9 Å². The predicted octanol–water partition coefficient (Wildman–Crippen LogP) is 4.51. The van der Waals surface area contributed by atoms with Crippen LogP contribution in [0.2, 0.25) is 0 Å². The molecule has 2 unspecified atom stereocenters. The molecule has 3 amide bonds. The summed E-state index contributed by atoms with van der Waals surface area (Å²) in [6.45, 7) is 1.93. The molecule has 1 aliphatic heterocycles. The van der Waals surface area contributed by atoms with Gasteiger partial charge in [0.2, 0.25) is 5.91 Å². The number of hydrogen-bond acceptors (Lipinski definition) is 7. The number of aliphatic hydroxyl groups is 1. The zero-order valence-corrected chi connectivity index (χ0v) is 24.5. The Morgan fingerprint density at radius 1 is 1.18 bits per heavy atom. The molecule has 220 valence electrons. The second kappa shape index (κ2) is 20.3. The molecular formula is C29H45ClN2O7. The number of carbonyl (C=O) groups is 3. The summed E-state index contributed by atoms with van der Waals surface area (Å²) in [4.78, 5) is 38.1. The van der Waals surface area contributed by atoms with Crippen LogP contribution in [0.1, 0.15) is 71.1 Å². The minimum Gasteiger partial charge on any atom is -0.501 e. The van der Waals surface area contributed by atoms with Gasteiger partial charge in [-0.1, -0.05) is 62.8 Å². The van der Waals surface area contributed by atoms with Gasteiger partial charge in [0.1, 0.15) is 17.6 Å². The van der Waals surface area contributed by atoms with Crippen molar-refractivity contribution < 1.29 is 33.7 Å². The first-order valence-corrected chi connectivity index (χ1v) is 14.0. The monoisotopic (exact) mass is 568 g/mol. The summed E-state index contributed by atoms with van der Waals surface area (Å²) in [5.74, 6) is -0.912. The Kier molecular flexibility index (Phi) is 17.9. The van der Waals surface area contributed by atoms with E-state index in [4.69, 9.17) is 25.8 Å².